The van der Waals surface area contributed by atoms with Crippen LogP contribution in [0.4, 0.5) is 10.2 Å². The van der Waals surface area contributed by atoms with Crippen LogP contribution >= 0.6 is 27.7 Å². The lowest BCUT2D eigenvalue weighted by Gasteiger charge is -2.10. The molecule has 3 heterocycles. The van der Waals surface area contributed by atoms with Gasteiger partial charge in [0.25, 0.3) is 5.91 Å². The number of nitrogens with one attached hydrogen (secondary N) is 1. The molecule has 2 aromatic heterocycles. The van der Waals surface area contributed by atoms with E-state index >= 15 is 0 Å². The summed E-state index contributed by atoms with van der Waals surface area (Å²) in [6, 6.07) is 9.24. The average Bonchev–Trinajstić information content (AvgIpc) is 3.26. The number of amides is 1. The number of furan rings is 1. The van der Waals surface area contributed by atoms with Crippen molar-refractivity contribution in [2.45, 2.75) is 11.5 Å². The number of hydrogen-bond donors (Lipinski definition) is 1. The van der Waals surface area contributed by atoms with E-state index in [0.717, 1.165) is 22.8 Å². The first-order valence-electron chi connectivity index (χ1n) is 7.13. The maximum Gasteiger partial charge on any atom is 0.292 e. The molecule has 0 aliphatic carbocycles. The Morgan fingerprint density at radius 2 is 2.04 bits per heavy atom. The second-order valence-corrected chi connectivity index (χ2v) is 6.98. The molecule has 1 N–H and O–H groups in total. The number of aromatic nitrogens is 2. The fourth-order valence-corrected chi connectivity index (χ4v) is 3.86. The fraction of sp³-hybridized carbons (Fsp3) is 0.125. The van der Waals surface area contributed by atoms with Gasteiger partial charge in [0.1, 0.15) is 11.6 Å². The Labute approximate surface area is 149 Å². The first-order chi connectivity index (χ1) is 11.6. The van der Waals surface area contributed by atoms with Crippen LogP contribution in [0.15, 0.2) is 45.5 Å². The van der Waals surface area contributed by atoms with E-state index in [2.05, 4.69) is 26.3 Å². The van der Waals surface area contributed by atoms with Gasteiger partial charge in [0, 0.05) is 17.1 Å². The number of rotatable bonds is 3. The summed E-state index contributed by atoms with van der Waals surface area (Å²) in [5.74, 6) is 1.68. The Morgan fingerprint density at radius 1 is 1.25 bits per heavy atom. The molecule has 0 fully saturated rings. The van der Waals surface area contributed by atoms with Gasteiger partial charge in [-0.25, -0.2) is 9.07 Å². The van der Waals surface area contributed by atoms with Crippen LogP contribution in [0.25, 0.3) is 5.69 Å². The number of carbonyl (C=O) groups is 1. The minimum absolute atomic E-state index is 0.202. The normalized spacial score (nSPS) is 13.1. The number of benzene rings is 1. The Bertz CT molecular complexity index is 920. The number of hydrogen-bond acceptors (Lipinski definition) is 4. The Hall–Kier alpha value is -2.06. The van der Waals surface area contributed by atoms with Crippen molar-refractivity contribution in [1.82, 2.24) is 9.78 Å². The zero-order valence-electron chi connectivity index (χ0n) is 12.3. The Balaban J connectivity index is 1.73. The van der Waals surface area contributed by atoms with Crippen LogP contribution in [-0.4, -0.2) is 15.7 Å². The van der Waals surface area contributed by atoms with E-state index in [0.29, 0.717) is 16.2 Å². The van der Waals surface area contributed by atoms with Crippen molar-refractivity contribution in [2.75, 3.05) is 5.32 Å². The summed E-state index contributed by atoms with van der Waals surface area (Å²) in [4.78, 5) is 12.4. The molecule has 0 radical (unpaired) electrons. The van der Waals surface area contributed by atoms with Crippen LogP contribution in [-0.2, 0) is 11.5 Å². The highest BCUT2D eigenvalue weighted by molar-refractivity contribution is 9.10. The van der Waals surface area contributed by atoms with Crippen LogP contribution < -0.4 is 5.32 Å². The standard InChI is InChI=1S/C16H11BrFN3O2S/c17-14-6-5-13(23-14)16(22)19-15-11-7-24-8-12(11)20-21(15)10-3-1-9(18)2-4-10/h1-6H,7-8H2,(H,19,22). The van der Waals surface area contributed by atoms with Crippen molar-refractivity contribution in [3.05, 3.63) is 63.9 Å². The highest BCUT2D eigenvalue weighted by Gasteiger charge is 2.25. The molecule has 1 aliphatic heterocycles. The molecule has 0 atom stereocenters. The molecule has 3 aromatic rings. The van der Waals surface area contributed by atoms with Gasteiger partial charge in [-0.15, -0.1) is 0 Å². The quantitative estimate of drug-likeness (QED) is 0.700. The van der Waals surface area contributed by atoms with Gasteiger partial charge >= 0.3 is 0 Å². The molecular formula is C16H11BrFN3O2S. The summed E-state index contributed by atoms with van der Waals surface area (Å²) in [6.45, 7) is 0. The van der Waals surface area contributed by atoms with Crippen molar-refractivity contribution < 1.29 is 13.6 Å². The predicted octanol–water partition coefficient (Wildman–Crippen LogP) is 4.37. The van der Waals surface area contributed by atoms with Crippen molar-refractivity contribution in [3.8, 4) is 5.69 Å². The highest BCUT2D eigenvalue weighted by atomic mass is 79.9. The van der Waals surface area contributed by atoms with Gasteiger partial charge in [-0.1, -0.05) is 0 Å². The Kier molecular flexibility index (Phi) is 3.93. The molecule has 8 heteroatoms. The van der Waals surface area contributed by atoms with Crippen molar-refractivity contribution in [3.63, 3.8) is 0 Å². The maximum absolute atomic E-state index is 13.2. The van der Waals surface area contributed by atoms with Gasteiger partial charge < -0.3 is 9.73 Å². The Morgan fingerprint density at radius 3 is 2.75 bits per heavy atom. The number of nitrogens with zero attached hydrogens (tertiary/aromatic N) is 2. The second kappa shape index (κ2) is 6.10. The third-order valence-electron chi connectivity index (χ3n) is 3.65. The molecule has 0 saturated carbocycles. The van der Waals surface area contributed by atoms with Crippen LogP contribution in [0.3, 0.4) is 0 Å². The van der Waals surface area contributed by atoms with Gasteiger partial charge in [0.15, 0.2) is 10.4 Å². The van der Waals surface area contributed by atoms with E-state index < -0.39 is 0 Å². The summed E-state index contributed by atoms with van der Waals surface area (Å²) < 4.78 is 20.6. The number of fused-ring (bicyclic) bond motifs is 1. The van der Waals surface area contributed by atoms with E-state index in [-0.39, 0.29) is 17.5 Å². The molecule has 0 bridgehead atoms. The van der Waals surface area contributed by atoms with Crippen molar-refractivity contribution in [1.29, 1.82) is 0 Å². The lowest BCUT2D eigenvalue weighted by atomic mass is 10.2. The molecule has 1 aromatic carbocycles. The van der Waals surface area contributed by atoms with Gasteiger partial charge in [0.05, 0.1) is 11.4 Å². The molecule has 0 saturated heterocycles. The summed E-state index contributed by atoms with van der Waals surface area (Å²) >= 11 is 4.92. The van der Waals surface area contributed by atoms with E-state index in [9.17, 15) is 9.18 Å². The van der Waals surface area contributed by atoms with Gasteiger partial charge in [-0.05, 0) is 52.3 Å². The molecule has 1 amide bonds. The monoisotopic (exact) mass is 407 g/mol. The zero-order chi connectivity index (χ0) is 16.7. The first kappa shape index (κ1) is 15.5. The predicted molar refractivity (Wildman–Crippen MR) is 92.9 cm³/mol. The maximum atomic E-state index is 13.2. The summed E-state index contributed by atoms with van der Waals surface area (Å²) in [6.07, 6.45) is 0. The smallest absolute Gasteiger partial charge is 0.292 e. The molecule has 1 aliphatic rings. The molecule has 5 nitrogen and oxygen atoms in total. The number of thioether (sulfide) groups is 1. The molecular weight excluding hydrogens is 397 g/mol. The number of carbonyl (C=O) groups excluding carboxylic acids is 1. The molecule has 0 unspecified atom stereocenters. The number of anilines is 1. The van der Waals surface area contributed by atoms with Crippen LogP contribution in [0.5, 0.6) is 0 Å². The summed E-state index contributed by atoms with van der Waals surface area (Å²) in [5.41, 5.74) is 2.61. The fourth-order valence-electron chi connectivity index (χ4n) is 2.52. The second-order valence-electron chi connectivity index (χ2n) is 5.21. The molecule has 4 rings (SSSR count). The molecule has 24 heavy (non-hydrogen) atoms. The van der Waals surface area contributed by atoms with Gasteiger partial charge in [0.2, 0.25) is 0 Å². The topological polar surface area (TPSA) is 60.1 Å². The first-order valence-corrected chi connectivity index (χ1v) is 9.08. The van der Waals surface area contributed by atoms with Crippen LogP contribution in [0.1, 0.15) is 21.8 Å². The van der Waals surface area contributed by atoms with Crippen molar-refractivity contribution >= 4 is 39.4 Å². The summed E-state index contributed by atoms with van der Waals surface area (Å²) in [5, 5.41) is 7.43. The minimum atomic E-state index is -0.358. The third kappa shape index (κ3) is 2.76. The molecule has 122 valence electrons. The molecule has 0 spiro atoms. The van der Waals surface area contributed by atoms with Gasteiger partial charge in [-0.2, -0.15) is 16.9 Å². The lowest BCUT2D eigenvalue weighted by Crippen LogP contribution is -2.15. The zero-order valence-corrected chi connectivity index (χ0v) is 14.7. The lowest BCUT2D eigenvalue weighted by molar-refractivity contribution is 0.0994. The van der Waals surface area contributed by atoms with E-state index in [1.807, 2.05) is 0 Å². The van der Waals surface area contributed by atoms with Crippen LogP contribution in [0.2, 0.25) is 0 Å². The largest absolute Gasteiger partial charge is 0.444 e. The van der Waals surface area contributed by atoms with Crippen molar-refractivity contribution in [2.24, 2.45) is 0 Å². The third-order valence-corrected chi connectivity index (χ3v) is 5.05. The van der Waals surface area contributed by atoms with E-state index in [4.69, 9.17) is 4.42 Å². The van der Waals surface area contributed by atoms with Crippen LogP contribution in [0, 0.1) is 5.82 Å². The highest BCUT2D eigenvalue weighted by Crippen LogP contribution is 2.36. The van der Waals surface area contributed by atoms with E-state index in [1.54, 1.807) is 40.7 Å². The van der Waals surface area contributed by atoms with E-state index in [1.165, 1.54) is 12.1 Å². The minimum Gasteiger partial charge on any atom is -0.444 e. The number of halogens is 2. The average molecular weight is 408 g/mol. The SMILES string of the molecule is O=C(Nc1c2c(nn1-c1ccc(F)cc1)CSC2)c1ccc(Br)o1. The van der Waals surface area contributed by atoms with Gasteiger partial charge in [-0.3, -0.25) is 4.79 Å². The summed E-state index contributed by atoms with van der Waals surface area (Å²) in [7, 11) is 0.